The highest BCUT2D eigenvalue weighted by atomic mass is 15.0. The second-order valence-electron chi connectivity index (χ2n) is 6.25. The van der Waals surface area contributed by atoms with E-state index in [9.17, 15) is 5.26 Å². The van der Waals surface area contributed by atoms with Crippen LogP contribution in [0, 0.1) is 45.8 Å². The summed E-state index contributed by atoms with van der Waals surface area (Å²) in [6.07, 6.45) is 5.50. The van der Waals surface area contributed by atoms with E-state index in [0.29, 0.717) is 23.1 Å². The lowest BCUT2D eigenvalue weighted by Crippen LogP contribution is -2.48. The second-order valence-corrected chi connectivity index (χ2v) is 6.25. The topological polar surface area (TPSA) is 83.4 Å². The Morgan fingerprint density at radius 1 is 1.15 bits per heavy atom. The third-order valence-corrected chi connectivity index (χ3v) is 4.67. The van der Waals surface area contributed by atoms with Crippen LogP contribution >= 0.6 is 0 Å². The summed E-state index contributed by atoms with van der Waals surface area (Å²) in [6.45, 7) is 2.16. The van der Waals surface area contributed by atoms with Gasteiger partial charge >= 0.3 is 0 Å². The number of rotatable bonds is 2. The van der Waals surface area contributed by atoms with E-state index in [1.807, 2.05) is 12.1 Å². The minimum absolute atomic E-state index is 0.0336. The van der Waals surface area contributed by atoms with Gasteiger partial charge in [0.1, 0.15) is 18.2 Å². The van der Waals surface area contributed by atoms with E-state index in [0.717, 1.165) is 19.3 Å². The number of nitriles is 3. The van der Waals surface area contributed by atoms with E-state index >= 15 is 0 Å². The van der Waals surface area contributed by atoms with Crippen LogP contribution in [0.15, 0.2) is 22.4 Å². The van der Waals surface area contributed by atoms with E-state index < -0.39 is 0 Å². The largest absolute Gasteiger partial charge is 0.377 e. The summed E-state index contributed by atoms with van der Waals surface area (Å²) >= 11 is 0. The molecule has 3 aliphatic rings. The second kappa shape index (κ2) is 4.39. The van der Waals surface area contributed by atoms with Gasteiger partial charge in [0, 0.05) is 5.54 Å². The van der Waals surface area contributed by atoms with Gasteiger partial charge in [0.05, 0.1) is 11.3 Å². The van der Waals surface area contributed by atoms with Crippen LogP contribution < -0.4 is 5.32 Å². The number of allylic oxidation sites excluding steroid dienone is 2. The number of hydrogen-bond donors (Lipinski definition) is 1. The first-order valence-corrected chi connectivity index (χ1v) is 7.09. The summed E-state index contributed by atoms with van der Waals surface area (Å²) in [7, 11) is 0. The van der Waals surface area contributed by atoms with Crippen LogP contribution in [0.4, 0.5) is 0 Å². The van der Waals surface area contributed by atoms with Gasteiger partial charge in [-0.2, -0.15) is 15.8 Å². The third kappa shape index (κ3) is 1.97. The number of nitrogens with one attached hydrogen (secondary N) is 1. The van der Waals surface area contributed by atoms with Crippen molar-refractivity contribution in [2.45, 2.75) is 44.6 Å². The molecule has 0 aromatic heterocycles. The van der Waals surface area contributed by atoms with Gasteiger partial charge in [0.15, 0.2) is 5.57 Å². The Hall–Kier alpha value is -2.25. The fraction of sp³-hybridized carbons (Fsp3) is 0.562. The molecule has 1 atom stereocenters. The zero-order valence-electron chi connectivity index (χ0n) is 11.5. The molecule has 4 nitrogen and oxygen atoms in total. The SMILES string of the molecule is CC1(C2CC2)CC(C2CC2)=C(C#N)C(=C(C#N)C#N)N1. The monoisotopic (exact) mass is 264 g/mol. The maximum atomic E-state index is 9.47. The molecule has 0 saturated heterocycles. The maximum Gasteiger partial charge on any atom is 0.154 e. The molecule has 1 N–H and O–H groups in total. The van der Waals surface area contributed by atoms with Gasteiger partial charge in [-0.3, -0.25) is 0 Å². The van der Waals surface area contributed by atoms with Crippen LogP contribution in [0.25, 0.3) is 0 Å². The molecule has 1 aliphatic heterocycles. The Labute approximate surface area is 119 Å². The molecule has 4 heteroatoms. The molecule has 2 fully saturated rings. The molecule has 0 aromatic rings. The first kappa shape index (κ1) is 12.8. The maximum absolute atomic E-state index is 9.47. The van der Waals surface area contributed by atoms with Gasteiger partial charge in [-0.15, -0.1) is 0 Å². The predicted octanol–water partition coefficient (Wildman–Crippen LogP) is 2.68. The van der Waals surface area contributed by atoms with Crippen LogP contribution in [0.1, 0.15) is 39.0 Å². The van der Waals surface area contributed by atoms with Crippen LogP contribution in [-0.2, 0) is 0 Å². The van der Waals surface area contributed by atoms with Crippen molar-refractivity contribution in [3.8, 4) is 18.2 Å². The summed E-state index contributed by atoms with van der Waals surface area (Å²) in [5.74, 6) is 1.07. The van der Waals surface area contributed by atoms with Gasteiger partial charge < -0.3 is 5.32 Å². The number of nitrogens with zero attached hydrogens (tertiary/aromatic N) is 3. The van der Waals surface area contributed by atoms with Crippen molar-refractivity contribution < 1.29 is 0 Å². The van der Waals surface area contributed by atoms with Crippen molar-refractivity contribution in [3.63, 3.8) is 0 Å². The van der Waals surface area contributed by atoms with Crippen LogP contribution in [-0.4, -0.2) is 5.54 Å². The average molecular weight is 264 g/mol. The molecule has 2 saturated carbocycles. The van der Waals surface area contributed by atoms with Crippen molar-refractivity contribution >= 4 is 0 Å². The summed E-state index contributed by atoms with van der Waals surface area (Å²) < 4.78 is 0. The first-order valence-electron chi connectivity index (χ1n) is 7.09. The standard InChI is InChI=1S/C16H16N4/c1-16(12-4-5-12)6-13(10-2-3-10)14(9-19)15(20-16)11(7-17)8-18/h10,12,20H,2-6H2,1H3. The van der Waals surface area contributed by atoms with E-state index in [2.05, 4.69) is 18.3 Å². The minimum atomic E-state index is -0.105. The molecule has 0 radical (unpaired) electrons. The van der Waals surface area contributed by atoms with Crippen molar-refractivity contribution in [1.82, 2.24) is 5.32 Å². The Morgan fingerprint density at radius 2 is 1.80 bits per heavy atom. The molecule has 20 heavy (non-hydrogen) atoms. The van der Waals surface area contributed by atoms with E-state index in [-0.39, 0.29) is 11.1 Å². The fourth-order valence-electron chi connectivity index (χ4n) is 3.24. The Balaban J connectivity index is 2.14. The Morgan fingerprint density at radius 3 is 2.25 bits per heavy atom. The quantitative estimate of drug-likeness (QED) is 0.777. The molecule has 0 spiro atoms. The fourth-order valence-corrected chi connectivity index (χ4v) is 3.24. The summed E-state index contributed by atoms with van der Waals surface area (Å²) in [4.78, 5) is 0. The van der Waals surface area contributed by atoms with Crippen molar-refractivity contribution in [1.29, 1.82) is 15.8 Å². The smallest absolute Gasteiger partial charge is 0.154 e. The van der Waals surface area contributed by atoms with Gasteiger partial charge in [-0.1, -0.05) is 0 Å². The molecule has 1 unspecified atom stereocenters. The predicted molar refractivity (Wildman–Crippen MR) is 72.5 cm³/mol. The first-order chi connectivity index (χ1) is 9.62. The molecular weight excluding hydrogens is 248 g/mol. The molecule has 1 heterocycles. The lowest BCUT2D eigenvalue weighted by atomic mass is 9.79. The van der Waals surface area contributed by atoms with E-state index in [1.165, 1.54) is 18.4 Å². The molecule has 3 rings (SSSR count). The molecule has 0 bridgehead atoms. The summed E-state index contributed by atoms with van der Waals surface area (Å²) in [5.41, 5.74) is 2.11. The highest BCUT2D eigenvalue weighted by Crippen LogP contribution is 2.51. The molecule has 0 amide bonds. The normalized spacial score (nSPS) is 29.0. The van der Waals surface area contributed by atoms with Crippen molar-refractivity contribution in [2.24, 2.45) is 11.8 Å². The van der Waals surface area contributed by atoms with Crippen LogP contribution in [0.2, 0.25) is 0 Å². The average Bonchev–Trinajstić information content (AvgIpc) is 3.32. The number of hydrogen-bond acceptors (Lipinski definition) is 4. The van der Waals surface area contributed by atoms with Crippen molar-refractivity contribution in [2.75, 3.05) is 0 Å². The summed E-state index contributed by atoms with van der Waals surface area (Å²) in [6, 6.07) is 6.10. The van der Waals surface area contributed by atoms with E-state index in [1.54, 1.807) is 0 Å². The third-order valence-electron chi connectivity index (χ3n) is 4.67. The molecule has 0 aromatic carbocycles. The van der Waals surface area contributed by atoms with Gasteiger partial charge in [0.2, 0.25) is 0 Å². The van der Waals surface area contributed by atoms with Gasteiger partial charge in [0.25, 0.3) is 0 Å². The minimum Gasteiger partial charge on any atom is -0.377 e. The van der Waals surface area contributed by atoms with Crippen molar-refractivity contribution in [3.05, 3.63) is 22.4 Å². The highest BCUT2D eigenvalue weighted by molar-refractivity contribution is 5.58. The zero-order valence-corrected chi connectivity index (χ0v) is 11.5. The Bertz CT molecular complexity index is 625. The zero-order chi connectivity index (χ0) is 14.3. The van der Waals surface area contributed by atoms with E-state index in [4.69, 9.17) is 10.5 Å². The van der Waals surface area contributed by atoms with Gasteiger partial charge in [-0.25, -0.2) is 0 Å². The summed E-state index contributed by atoms with van der Waals surface area (Å²) in [5, 5.41) is 31.1. The van der Waals surface area contributed by atoms with Crippen LogP contribution in [0.5, 0.6) is 0 Å². The molecule has 2 aliphatic carbocycles. The van der Waals surface area contributed by atoms with Gasteiger partial charge in [-0.05, 0) is 56.4 Å². The lowest BCUT2D eigenvalue weighted by Gasteiger charge is -2.39. The van der Waals surface area contributed by atoms with Crippen LogP contribution in [0.3, 0.4) is 0 Å². The molecular formula is C16H16N4. The molecule has 100 valence electrons. The Kier molecular flexibility index (Phi) is 2.81. The lowest BCUT2D eigenvalue weighted by molar-refractivity contribution is 0.321. The highest BCUT2D eigenvalue weighted by Gasteiger charge is 2.48.